The average molecular weight is 307 g/mol. The number of alkyl halides is 3. The molecule has 0 aliphatic carbocycles. The number of para-hydroxylation sites is 1. The maximum absolute atomic E-state index is 12.6. The standard InChI is InChI=1S/C15H12F3N3O/c16-15(17,18)13(22)9-6-7-11-12(8-9)20-21(14(11)19)10-4-2-1-3-5-10/h1-8,13,22H,19H2. The van der Waals surface area contributed by atoms with Gasteiger partial charge >= 0.3 is 6.18 Å². The summed E-state index contributed by atoms with van der Waals surface area (Å²) < 4.78 is 39.2. The molecule has 1 heterocycles. The van der Waals surface area contributed by atoms with E-state index in [1.807, 2.05) is 6.07 Å². The van der Waals surface area contributed by atoms with Crippen molar-refractivity contribution in [1.29, 1.82) is 0 Å². The summed E-state index contributed by atoms with van der Waals surface area (Å²) >= 11 is 0. The SMILES string of the molecule is Nc1c2ccc(C(O)C(F)(F)F)cc2nn1-c1ccccc1. The minimum atomic E-state index is -4.72. The minimum Gasteiger partial charge on any atom is -0.383 e. The Morgan fingerprint density at radius 3 is 2.41 bits per heavy atom. The first-order valence-electron chi connectivity index (χ1n) is 6.46. The summed E-state index contributed by atoms with van der Waals surface area (Å²) in [7, 11) is 0. The molecule has 3 rings (SSSR count). The second-order valence-corrected chi connectivity index (χ2v) is 4.85. The van der Waals surface area contributed by atoms with Crippen LogP contribution in [0.1, 0.15) is 11.7 Å². The van der Waals surface area contributed by atoms with E-state index in [9.17, 15) is 18.3 Å². The molecule has 1 atom stereocenters. The van der Waals surface area contributed by atoms with Crippen molar-refractivity contribution < 1.29 is 18.3 Å². The van der Waals surface area contributed by atoms with Gasteiger partial charge in [-0.2, -0.15) is 18.3 Å². The van der Waals surface area contributed by atoms with E-state index in [-0.39, 0.29) is 5.56 Å². The predicted octanol–water partition coefficient (Wildman–Crippen LogP) is 3.20. The highest BCUT2D eigenvalue weighted by atomic mass is 19.4. The molecule has 0 spiro atoms. The van der Waals surface area contributed by atoms with Crippen LogP contribution in [0, 0.1) is 0 Å². The molecule has 22 heavy (non-hydrogen) atoms. The van der Waals surface area contributed by atoms with Crippen LogP contribution in [0.15, 0.2) is 48.5 Å². The predicted molar refractivity (Wildman–Crippen MR) is 76.5 cm³/mol. The van der Waals surface area contributed by atoms with Crippen LogP contribution in [0.3, 0.4) is 0 Å². The van der Waals surface area contributed by atoms with Crippen LogP contribution >= 0.6 is 0 Å². The number of fused-ring (bicyclic) bond motifs is 1. The summed E-state index contributed by atoms with van der Waals surface area (Å²) in [6.07, 6.45) is -7.26. The molecule has 0 saturated carbocycles. The summed E-state index contributed by atoms with van der Waals surface area (Å²) in [5.41, 5.74) is 6.73. The van der Waals surface area contributed by atoms with Crippen molar-refractivity contribution in [3.05, 3.63) is 54.1 Å². The number of hydrogen-bond donors (Lipinski definition) is 2. The van der Waals surface area contributed by atoms with E-state index in [0.717, 1.165) is 0 Å². The zero-order chi connectivity index (χ0) is 15.9. The Morgan fingerprint density at radius 2 is 1.77 bits per heavy atom. The third-order valence-corrected chi connectivity index (χ3v) is 3.36. The van der Waals surface area contributed by atoms with E-state index in [1.54, 1.807) is 24.3 Å². The summed E-state index contributed by atoms with van der Waals surface area (Å²) in [6.45, 7) is 0. The molecule has 2 aromatic carbocycles. The molecular weight excluding hydrogens is 295 g/mol. The van der Waals surface area contributed by atoms with E-state index in [1.165, 1.54) is 22.9 Å². The van der Waals surface area contributed by atoms with Gasteiger partial charge in [-0.1, -0.05) is 24.3 Å². The maximum Gasteiger partial charge on any atom is 0.418 e. The molecule has 114 valence electrons. The number of hydrogen-bond acceptors (Lipinski definition) is 3. The lowest BCUT2D eigenvalue weighted by Crippen LogP contribution is -2.20. The number of nitrogens with two attached hydrogens (primary N) is 1. The number of anilines is 1. The Labute approximate surface area is 123 Å². The average Bonchev–Trinajstić information content (AvgIpc) is 2.83. The van der Waals surface area contributed by atoms with Crippen molar-refractivity contribution >= 4 is 16.7 Å². The minimum absolute atomic E-state index is 0.266. The first kappa shape index (κ1) is 14.4. The summed E-state index contributed by atoms with van der Waals surface area (Å²) in [6, 6.07) is 12.8. The second-order valence-electron chi connectivity index (χ2n) is 4.85. The van der Waals surface area contributed by atoms with Gasteiger partial charge in [0.2, 0.25) is 0 Å². The third-order valence-electron chi connectivity index (χ3n) is 3.36. The van der Waals surface area contributed by atoms with Crippen molar-refractivity contribution in [1.82, 2.24) is 9.78 Å². The second kappa shape index (κ2) is 5.03. The highest BCUT2D eigenvalue weighted by molar-refractivity contribution is 5.90. The number of aliphatic hydroxyl groups excluding tert-OH is 1. The van der Waals surface area contributed by atoms with Crippen LogP contribution in [-0.2, 0) is 0 Å². The van der Waals surface area contributed by atoms with Gasteiger partial charge in [0.25, 0.3) is 0 Å². The van der Waals surface area contributed by atoms with Crippen molar-refractivity contribution in [3.63, 3.8) is 0 Å². The number of nitrogen functional groups attached to an aromatic ring is 1. The monoisotopic (exact) mass is 307 g/mol. The molecular formula is C15H12F3N3O. The molecule has 7 heteroatoms. The number of aliphatic hydroxyl groups is 1. The fraction of sp³-hybridized carbons (Fsp3) is 0.133. The van der Waals surface area contributed by atoms with Crippen LogP contribution in [0.5, 0.6) is 0 Å². The molecule has 4 nitrogen and oxygen atoms in total. The van der Waals surface area contributed by atoms with E-state index in [2.05, 4.69) is 5.10 Å². The molecule has 0 fully saturated rings. The normalized spacial score (nSPS) is 13.5. The lowest BCUT2D eigenvalue weighted by molar-refractivity contribution is -0.206. The van der Waals surface area contributed by atoms with Gasteiger partial charge in [0.1, 0.15) is 5.82 Å². The number of rotatable bonds is 2. The number of benzene rings is 2. The first-order chi connectivity index (χ1) is 10.4. The van der Waals surface area contributed by atoms with Crippen LogP contribution < -0.4 is 5.73 Å². The molecule has 3 aromatic rings. The largest absolute Gasteiger partial charge is 0.418 e. The Hall–Kier alpha value is -2.54. The molecule has 3 N–H and O–H groups in total. The summed E-state index contributed by atoms with van der Waals surface area (Å²) in [5.74, 6) is 0.328. The highest BCUT2D eigenvalue weighted by Crippen LogP contribution is 2.34. The van der Waals surface area contributed by atoms with Gasteiger partial charge in [0, 0.05) is 5.39 Å². The van der Waals surface area contributed by atoms with Crippen LogP contribution in [0.2, 0.25) is 0 Å². The van der Waals surface area contributed by atoms with Gasteiger partial charge in [-0.25, -0.2) is 4.68 Å². The van der Waals surface area contributed by atoms with Gasteiger partial charge < -0.3 is 10.8 Å². The quantitative estimate of drug-likeness (QED) is 0.764. The Kier molecular flexibility index (Phi) is 3.29. The van der Waals surface area contributed by atoms with E-state index < -0.39 is 12.3 Å². The lowest BCUT2D eigenvalue weighted by atomic mass is 10.1. The Balaban J connectivity index is 2.11. The molecule has 1 unspecified atom stereocenters. The van der Waals surface area contributed by atoms with Gasteiger partial charge in [0.05, 0.1) is 11.2 Å². The van der Waals surface area contributed by atoms with E-state index in [4.69, 9.17) is 5.73 Å². The smallest absolute Gasteiger partial charge is 0.383 e. The van der Waals surface area contributed by atoms with Crippen molar-refractivity contribution in [2.24, 2.45) is 0 Å². The van der Waals surface area contributed by atoms with Gasteiger partial charge in [-0.05, 0) is 29.8 Å². The van der Waals surface area contributed by atoms with Crippen LogP contribution in [0.4, 0.5) is 19.0 Å². The molecule has 0 aliphatic rings. The Bertz CT molecular complexity index is 812. The molecule has 0 amide bonds. The fourth-order valence-electron chi connectivity index (χ4n) is 2.25. The number of halogens is 3. The first-order valence-corrected chi connectivity index (χ1v) is 6.46. The highest BCUT2D eigenvalue weighted by Gasteiger charge is 2.39. The van der Waals surface area contributed by atoms with Crippen LogP contribution in [-0.4, -0.2) is 21.1 Å². The molecule has 1 aromatic heterocycles. The topological polar surface area (TPSA) is 64.1 Å². The van der Waals surface area contributed by atoms with Gasteiger partial charge in [-0.15, -0.1) is 0 Å². The summed E-state index contributed by atoms with van der Waals surface area (Å²) in [5, 5.41) is 14.1. The number of aromatic nitrogens is 2. The zero-order valence-electron chi connectivity index (χ0n) is 11.2. The van der Waals surface area contributed by atoms with Crippen LogP contribution in [0.25, 0.3) is 16.6 Å². The van der Waals surface area contributed by atoms with E-state index in [0.29, 0.717) is 22.4 Å². The molecule has 0 bridgehead atoms. The van der Waals surface area contributed by atoms with Gasteiger partial charge in [-0.3, -0.25) is 0 Å². The fourth-order valence-corrected chi connectivity index (χ4v) is 2.25. The zero-order valence-corrected chi connectivity index (χ0v) is 11.2. The van der Waals surface area contributed by atoms with Gasteiger partial charge in [0.15, 0.2) is 6.10 Å². The lowest BCUT2D eigenvalue weighted by Gasteiger charge is -2.14. The third kappa shape index (κ3) is 2.39. The number of nitrogens with zero attached hydrogens (tertiary/aromatic N) is 2. The maximum atomic E-state index is 12.6. The molecule has 0 aliphatic heterocycles. The van der Waals surface area contributed by atoms with E-state index >= 15 is 0 Å². The van der Waals surface area contributed by atoms with Crippen molar-refractivity contribution in [3.8, 4) is 5.69 Å². The summed E-state index contributed by atoms with van der Waals surface area (Å²) in [4.78, 5) is 0. The van der Waals surface area contributed by atoms with Crippen molar-refractivity contribution in [2.45, 2.75) is 12.3 Å². The molecule has 0 radical (unpaired) electrons. The Morgan fingerprint density at radius 1 is 1.09 bits per heavy atom. The van der Waals surface area contributed by atoms with Crippen molar-refractivity contribution in [2.75, 3.05) is 5.73 Å². The molecule has 0 saturated heterocycles.